The van der Waals surface area contributed by atoms with Gasteiger partial charge in [0.05, 0.1) is 0 Å². The second-order valence-electron chi connectivity index (χ2n) is 4.87. The Morgan fingerprint density at radius 3 is 2.61 bits per heavy atom. The molecule has 5 heteroatoms. The Kier molecular flexibility index (Phi) is 4.31. The van der Waals surface area contributed by atoms with Crippen molar-refractivity contribution in [1.29, 1.82) is 0 Å². The van der Waals surface area contributed by atoms with Gasteiger partial charge in [0.25, 0.3) is 5.91 Å². The van der Waals surface area contributed by atoms with Gasteiger partial charge in [0.1, 0.15) is 5.84 Å². The van der Waals surface area contributed by atoms with Crippen molar-refractivity contribution >= 4 is 11.7 Å². The highest BCUT2D eigenvalue weighted by Crippen LogP contribution is 2.14. The smallest absolute Gasteiger partial charge is 0.251 e. The molecule has 0 unspecified atom stereocenters. The summed E-state index contributed by atoms with van der Waals surface area (Å²) < 4.78 is 0. The Morgan fingerprint density at radius 1 is 1.44 bits per heavy atom. The van der Waals surface area contributed by atoms with E-state index < -0.39 is 5.41 Å². The van der Waals surface area contributed by atoms with Gasteiger partial charge in [-0.1, -0.05) is 37.2 Å². The van der Waals surface area contributed by atoms with Crippen molar-refractivity contribution in [3.8, 4) is 0 Å². The zero-order chi connectivity index (χ0) is 13.8. The van der Waals surface area contributed by atoms with Crippen LogP contribution in [0.4, 0.5) is 0 Å². The number of hydrogen-bond donors (Lipinski definition) is 3. The first-order chi connectivity index (χ1) is 8.38. The van der Waals surface area contributed by atoms with Crippen molar-refractivity contribution < 1.29 is 10.0 Å². The molecular formula is C13H19N3O2. The number of nitrogens with two attached hydrogens (primary N) is 1. The highest BCUT2D eigenvalue weighted by molar-refractivity contribution is 5.96. The molecule has 5 nitrogen and oxygen atoms in total. The molecule has 0 fully saturated rings. The van der Waals surface area contributed by atoms with E-state index in [2.05, 4.69) is 10.5 Å². The SMILES string of the molecule is Cc1ccccc1C(=O)NCC(C)(C)/C(N)=N/O. The van der Waals surface area contributed by atoms with E-state index in [1.54, 1.807) is 19.9 Å². The molecule has 1 amide bonds. The van der Waals surface area contributed by atoms with Gasteiger partial charge in [-0.2, -0.15) is 0 Å². The molecule has 0 saturated carbocycles. The van der Waals surface area contributed by atoms with E-state index in [0.717, 1.165) is 5.56 Å². The van der Waals surface area contributed by atoms with Crippen LogP contribution >= 0.6 is 0 Å². The Balaban J connectivity index is 2.71. The van der Waals surface area contributed by atoms with Crippen LogP contribution in [0.1, 0.15) is 29.8 Å². The van der Waals surface area contributed by atoms with E-state index in [0.29, 0.717) is 12.1 Å². The molecule has 0 aliphatic rings. The van der Waals surface area contributed by atoms with Crippen LogP contribution in [0.2, 0.25) is 0 Å². The molecule has 0 aliphatic heterocycles. The zero-order valence-corrected chi connectivity index (χ0v) is 10.9. The second kappa shape index (κ2) is 5.53. The quantitative estimate of drug-likeness (QED) is 0.327. The second-order valence-corrected chi connectivity index (χ2v) is 4.87. The van der Waals surface area contributed by atoms with Gasteiger partial charge in [-0.05, 0) is 18.6 Å². The van der Waals surface area contributed by atoms with Gasteiger partial charge in [0.2, 0.25) is 0 Å². The zero-order valence-electron chi connectivity index (χ0n) is 10.9. The maximum Gasteiger partial charge on any atom is 0.251 e. The lowest BCUT2D eigenvalue weighted by atomic mass is 9.92. The summed E-state index contributed by atoms with van der Waals surface area (Å²) in [4.78, 5) is 12.0. The van der Waals surface area contributed by atoms with Crippen LogP contribution in [0.25, 0.3) is 0 Å². The van der Waals surface area contributed by atoms with E-state index >= 15 is 0 Å². The van der Waals surface area contributed by atoms with Gasteiger partial charge in [-0.3, -0.25) is 4.79 Å². The predicted octanol–water partition coefficient (Wildman–Crippen LogP) is 1.50. The van der Waals surface area contributed by atoms with Crippen LogP contribution in [0.15, 0.2) is 29.4 Å². The third-order valence-corrected chi connectivity index (χ3v) is 2.88. The fraction of sp³-hybridized carbons (Fsp3) is 0.385. The fourth-order valence-electron chi connectivity index (χ4n) is 1.45. The minimum Gasteiger partial charge on any atom is -0.409 e. The van der Waals surface area contributed by atoms with Crippen LogP contribution in [-0.4, -0.2) is 23.5 Å². The number of nitrogens with zero attached hydrogens (tertiary/aromatic N) is 1. The van der Waals surface area contributed by atoms with Gasteiger partial charge in [0.15, 0.2) is 0 Å². The molecule has 1 aromatic rings. The third kappa shape index (κ3) is 3.23. The number of carbonyl (C=O) groups excluding carboxylic acids is 1. The molecule has 0 heterocycles. The summed E-state index contributed by atoms with van der Waals surface area (Å²) in [5.41, 5.74) is 6.51. The highest BCUT2D eigenvalue weighted by atomic mass is 16.4. The molecule has 0 radical (unpaired) electrons. The predicted molar refractivity (Wildman–Crippen MR) is 70.7 cm³/mol. The molecule has 0 aromatic heterocycles. The molecule has 0 spiro atoms. The topological polar surface area (TPSA) is 87.7 Å². The number of hydrogen-bond acceptors (Lipinski definition) is 3. The summed E-state index contributed by atoms with van der Waals surface area (Å²) in [7, 11) is 0. The number of aryl methyl sites for hydroxylation is 1. The Bertz CT molecular complexity index is 467. The highest BCUT2D eigenvalue weighted by Gasteiger charge is 2.24. The van der Waals surface area contributed by atoms with Gasteiger partial charge in [-0.15, -0.1) is 0 Å². The summed E-state index contributed by atoms with van der Waals surface area (Å²) in [5, 5.41) is 14.4. The molecule has 0 saturated heterocycles. The van der Waals surface area contributed by atoms with E-state index in [4.69, 9.17) is 10.9 Å². The molecular weight excluding hydrogens is 230 g/mol. The minimum atomic E-state index is -0.590. The normalized spacial score (nSPS) is 12.3. The van der Waals surface area contributed by atoms with Crippen molar-refractivity contribution in [2.24, 2.45) is 16.3 Å². The minimum absolute atomic E-state index is 0.0904. The summed E-state index contributed by atoms with van der Waals surface area (Å²) in [5.74, 6) is -0.0699. The first kappa shape index (κ1) is 14.0. The van der Waals surface area contributed by atoms with Crippen molar-refractivity contribution in [2.75, 3.05) is 6.54 Å². The molecule has 0 aliphatic carbocycles. The lowest BCUT2D eigenvalue weighted by Crippen LogP contribution is -2.42. The van der Waals surface area contributed by atoms with E-state index in [-0.39, 0.29) is 11.7 Å². The Labute approximate surface area is 107 Å². The summed E-state index contributed by atoms with van der Waals surface area (Å²) in [6.45, 7) is 5.76. The van der Waals surface area contributed by atoms with E-state index in [1.807, 2.05) is 25.1 Å². The van der Waals surface area contributed by atoms with Crippen LogP contribution in [0.5, 0.6) is 0 Å². The average Bonchev–Trinajstić information content (AvgIpc) is 2.35. The number of benzene rings is 1. The Hall–Kier alpha value is -2.04. The number of amidine groups is 1. The van der Waals surface area contributed by atoms with Crippen molar-refractivity contribution in [3.05, 3.63) is 35.4 Å². The number of oxime groups is 1. The van der Waals surface area contributed by atoms with Crippen LogP contribution in [0.3, 0.4) is 0 Å². The van der Waals surface area contributed by atoms with Crippen LogP contribution in [-0.2, 0) is 0 Å². The number of rotatable bonds is 4. The van der Waals surface area contributed by atoms with Gasteiger partial charge >= 0.3 is 0 Å². The summed E-state index contributed by atoms with van der Waals surface area (Å²) in [6.07, 6.45) is 0. The maximum absolute atomic E-state index is 12.0. The molecule has 18 heavy (non-hydrogen) atoms. The van der Waals surface area contributed by atoms with Gasteiger partial charge in [-0.25, -0.2) is 0 Å². The lowest BCUT2D eigenvalue weighted by Gasteiger charge is -2.23. The lowest BCUT2D eigenvalue weighted by molar-refractivity contribution is 0.0943. The molecule has 1 rings (SSSR count). The van der Waals surface area contributed by atoms with E-state index in [9.17, 15) is 4.79 Å². The summed E-state index contributed by atoms with van der Waals surface area (Å²) in [6, 6.07) is 7.34. The fourth-order valence-corrected chi connectivity index (χ4v) is 1.45. The van der Waals surface area contributed by atoms with Gasteiger partial charge in [0, 0.05) is 17.5 Å². The average molecular weight is 249 g/mol. The largest absolute Gasteiger partial charge is 0.409 e. The molecule has 98 valence electrons. The maximum atomic E-state index is 12.0. The third-order valence-electron chi connectivity index (χ3n) is 2.88. The molecule has 0 atom stereocenters. The monoisotopic (exact) mass is 249 g/mol. The first-order valence-electron chi connectivity index (χ1n) is 5.70. The van der Waals surface area contributed by atoms with E-state index in [1.165, 1.54) is 0 Å². The summed E-state index contributed by atoms with van der Waals surface area (Å²) >= 11 is 0. The molecule has 0 bridgehead atoms. The Morgan fingerprint density at radius 2 is 2.06 bits per heavy atom. The van der Waals surface area contributed by atoms with Crippen molar-refractivity contribution in [3.63, 3.8) is 0 Å². The van der Waals surface area contributed by atoms with Gasteiger partial charge < -0.3 is 16.3 Å². The number of amides is 1. The molecule has 4 N–H and O–H groups in total. The van der Waals surface area contributed by atoms with Crippen LogP contribution in [0, 0.1) is 12.3 Å². The number of carbonyl (C=O) groups is 1. The molecule has 1 aromatic carbocycles. The number of nitrogens with one attached hydrogen (secondary N) is 1. The first-order valence-corrected chi connectivity index (χ1v) is 5.70. The van der Waals surface area contributed by atoms with Crippen molar-refractivity contribution in [1.82, 2.24) is 5.32 Å². The van der Waals surface area contributed by atoms with Crippen molar-refractivity contribution in [2.45, 2.75) is 20.8 Å². The van der Waals surface area contributed by atoms with Crippen LogP contribution < -0.4 is 11.1 Å². The standard InChI is InChI=1S/C13H19N3O2/c1-9-6-4-5-7-10(9)11(17)15-8-13(2,3)12(14)16-18/h4-7,18H,8H2,1-3H3,(H2,14,16)(H,15,17).